The van der Waals surface area contributed by atoms with Crippen LogP contribution in [0.3, 0.4) is 0 Å². The minimum absolute atomic E-state index is 0.238. The number of ether oxygens (including phenoxy) is 1. The molecule has 1 aliphatic carbocycles. The minimum atomic E-state index is 0.238. The highest BCUT2D eigenvalue weighted by Gasteiger charge is 2.60. The Kier molecular flexibility index (Phi) is 3.37. The molecule has 0 radical (unpaired) electrons. The minimum Gasteiger partial charge on any atom is -0.377 e. The molecule has 0 amide bonds. The summed E-state index contributed by atoms with van der Waals surface area (Å²) in [7, 11) is 2.21. The summed E-state index contributed by atoms with van der Waals surface area (Å²) in [4.78, 5) is 2.45. The van der Waals surface area contributed by atoms with Gasteiger partial charge in [-0.1, -0.05) is 13.8 Å². The van der Waals surface area contributed by atoms with Gasteiger partial charge in [0.2, 0.25) is 0 Å². The quantitative estimate of drug-likeness (QED) is 0.843. The van der Waals surface area contributed by atoms with Crippen LogP contribution in [0.15, 0.2) is 0 Å². The summed E-state index contributed by atoms with van der Waals surface area (Å²) in [5, 5.41) is 8.55. The predicted octanol–water partition coefficient (Wildman–Crippen LogP) is 1.85. The highest BCUT2D eigenvalue weighted by Crippen LogP contribution is 2.54. The van der Waals surface area contributed by atoms with Crippen molar-refractivity contribution in [3.05, 3.63) is 11.6 Å². The van der Waals surface area contributed by atoms with E-state index in [2.05, 4.69) is 47.5 Å². The Hall–Kier alpha value is -0.940. The third-order valence-electron chi connectivity index (χ3n) is 5.23. The summed E-state index contributed by atoms with van der Waals surface area (Å²) in [5.41, 5.74) is 0.238. The van der Waals surface area contributed by atoms with Gasteiger partial charge in [-0.05, 0) is 27.3 Å². The molecule has 2 heterocycles. The van der Waals surface area contributed by atoms with Gasteiger partial charge < -0.3 is 9.30 Å². The number of hydrogen-bond acceptors (Lipinski definition) is 4. The van der Waals surface area contributed by atoms with Gasteiger partial charge in [0.25, 0.3) is 0 Å². The lowest BCUT2D eigenvalue weighted by molar-refractivity contribution is -0.152. The fourth-order valence-corrected chi connectivity index (χ4v) is 4.47. The molecule has 1 aliphatic heterocycles. The van der Waals surface area contributed by atoms with Crippen LogP contribution in [0.4, 0.5) is 0 Å². The summed E-state index contributed by atoms with van der Waals surface area (Å²) in [6.07, 6.45) is 1.64. The van der Waals surface area contributed by atoms with Gasteiger partial charge in [-0.15, -0.1) is 10.2 Å². The molecule has 2 fully saturated rings. The van der Waals surface area contributed by atoms with Crippen molar-refractivity contribution < 1.29 is 4.74 Å². The lowest BCUT2D eigenvalue weighted by Crippen LogP contribution is -2.65. The van der Waals surface area contributed by atoms with Crippen LogP contribution >= 0.6 is 0 Å². The van der Waals surface area contributed by atoms with Crippen molar-refractivity contribution in [3.8, 4) is 0 Å². The first-order valence-electron chi connectivity index (χ1n) is 7.67. The van der Waals surface area contributed by atoms with Crippen LogP contribution in [0.2, 0.25) is 0 Å². The second kappa shape index (κ2) is 4.81. The van der Waals surface area contributed by atoms with Gasteiger partial charge in [-0.3, -0.25) is 4.90 Å². The van der Waals surface area contributed by atoms with Crippen LogP contribution in [-0.2, 0) is 17.8 Å². The molecule has 0 N–H and O–H groups in total. The first-order valence-corrected chi connectivity index (χ1v) is 7.67. The average Bonchev–Trinajstić information content (AvgIpc) is 2.95. The molecule has 112 valence electrons. The molecule has 1 saturated carbocycles. The predicted molar refractivity (Wildman–Crippen MR) is 77.3 cm³/mol. The van der Waals surface area contributed by atoms with E-state index in [1.807, 2.05) is 6.92 Å². The molecule has 0 spiro atoms. The van der Waals surface area contributed by atoms with Gasteiger partial charge in [0.05, 0.1) is 12.6 Å². The fraction of sp³-hybridized carbons (Fsp3) is 0.867. The van der Waals surface area contributed by atoms with Gasteiger partial charge in [-0.2, -0.15) is 0 Å². The van der Waals surface area contributed by atoms with E-state index >= 15 is 0 Å². The second-order valence-corrected chi connectivity index (χ2v) is 6.83. The highest BCUT2D eigenvalue weighted by atomic mass is 16.5. The molecule has 20 heavy (non-hydrogen) atoms. The molecule has 3 atom stereocenters. The number of aryl methyl sites for hydroxylation is 1. The molecule has 1 saturated heterocycles. The Morgan fingerprint density at radius 3 is 2.85 bits per heavy atom. The molecule has 0 bridgehead atoms. The zero-order valence-electron chi connectivity index (χ0n) is 13.3. The summed E-state index contributed by atoms with van der Waals surface area (Å²) in [5.74, 6) is 2.77. The first-order chi connectivity index (χ1) is 9.46. The largest absolute Gasteiger partial charge is 0.377 e. The number of nitrogens with zero attached hydrogens (tertiary/aromatic N) is 4. The van der Waals surface area contributed by atoms with Crippen LogP contribution in [0, 0.1) is 18.3 Å². The molecule has 5 nitrogen and oxygen atoms in total. The van der Waals surface area contributed by atoms with E-state index in [1.54, 1.807) is 0 Å². The zero-order valence-corrected chi connectivity index (χ0v) is 13.3. The summed E-state index contributed by atoms with van der Waals surface area (Å²) >= 11 is 0. The lowest BCUT2D eigenvalue weighted by atomic mass is 9.57. The number of fused-ring (bicyclic) bond motifs is 1. The van der Waals surface area contributed by atoms with Crippen molar-refractivity contribution >= 4 is 0 Å². The summed E-state index contributed by atoms with van der Waals surface area (Å²) in [6.45, 7) is 11.6. The van der Waals surface area contributed by atoms with Gasteiger partial charge in [0.1, 0.15) is 11.6 Å². The monoisotopic (exact) mass is 278 g/mol. The van der Waals surface area contributed by atoms with E-state index < -0.39 is 0 Å². The smallest absolute Gasteiger partial charge is 0.147 e. The Morgan fingerprint density at radius 2 is 2.15 bits per heavy atom. The second-order valence-electron chi connectivity index (χ2n) is 6.83. The SMILES string of the molecule is CCn1c(C)nnc1CN(C)[C@@H]1[C@H]2CCO[C@H]2C1(C)C. The molecule has 1 aromatic rings. The van der Waals surface area contributed by atoms with E-state index in [0.717, 1.165) is 31.3 Å². The van der Waals surface area contributed by atoms with Crippen LogP contribution in [0.25, 0.3) is 0 Å². The van der Waals surface area contributed by atoms with E-state index in [0.29, 0.717) is 18.1 Å². The van der Waals surface area contributed by atoms with Gasteiger partial charge in [0.15, 0.2) is 0 Å². The third-order valence-corrected chi connectivity index (χ3v) is 5.23. The summed E-state index contributed by atoms with van der Waals surface area (Å²) in [6, 6.07) is 0.581. The maximum atomic E-state index is 5.89. The molecular formula is C15H26N4O. The molecule has 0 unspecified atom stereocenters. The standard InChI is InChI=1S/C15H26N4O/c1-6-19-10(2)16-17-12(19)9-18(5)13-11-7-8-20-14(11)15(13,3)4/h11,13-14H,6-9H2,1-5H3/t11-,13-,14-/m1/s1. The van der Waals surface area contributed by atoms with Crippen molar-refractivity contribution in [3.63, 3.8) is 0 Å². The van der Waals surface area contributed by atoms with Crippen molar-refractivity contribution in [1.82, 2.24) is 19.7 Å². The summed E-state index contributed by atoms with van der Waals surface area (Å²) < 4.78 is 8.09. The Balaban J connectivity index is 1.75. The van der Waals surface area contributed by atoms with Gasteiger partial charge >= 0.3 is 0 Å². The maximum absolute atomic E-state index is 5.89. The van der Waals surface area contributed by atoms with Crippen LogP contribution in [0.5, 0.6) is 0 Å². The maximum Gasteiger partial charge on any atom is 0.147 e. The van der Waals surface area contributed by atoms with E-state index in [9.17, 15) is 0 Å². The van der Waals surface area contributed by atoms with Crippen molar-refractivity contribution in [2.75, 3.05) is 13.7 Å². The van der Waals surface area contributed by atoms with Crippen LogP contribution in [0.1, 0.15) is 38.8 Å². The highest BCUT2D eigenvalue weighted by molar-refractivity contribution is 5.12. The molecule has 1 aromatic heterocycles. The normalized spacial score (nSPS) is 31.4. The average molecular weight is 278 g/mol. The van der Waals surface area contributed by atoms with E-state index in [1.165, 1.54) is 6.42 Å². The topological polar surface area (TPSA) is 43.2 Å². The zero-order chi connectivity index (χ0) is 14.5. The van der Waals surface area contributed by atoms with E-state index in [4.69, 9.17) is 4.74 Å². The Morgan fingerprint density at radius 1 is 1.40 bits per heavy atom. The number of aromatic nitrogens is 3. The molecule has 3 rings (SSSR count). The fourth-order valence-electron chi connectivity index (χ4n) is 4.47. The lowest BCUT2D eigenvalue weighted by Gasteiger charge is -2.57. The van der Waals surface area contributed by atoms with E-state index in [-0.39, 0.29) is 5.41 Å². The first kappa shape index (κ1) is 14.0. The van der Waals surface area contributed by atoms with Gasteiger partial charge in [0, 0.05) is 30.5 Å². The van der Waals surface area contributed by atoms with Crippen molar-refractivity contribution in [2.24, 2.45) is 11.3 Å². The number of rotatable bonds is 4. The van der Waals surface area contributed by atoms with Crippen LogP contribution < -0.4 is 0 Å². The van der Waals surface area contributed by atoms with Crippen LogP contribution in [-0.4, -0.2) is 45.5 Å². The molecular weight excluding hydrogens is 252 g/mol. The molecule has 5 heteroatoms. The third kappa shape index (κ3) is 1.91. The molecule has 2 aliphatic rings. The Labute approximate surface area is 121 Å². The van der Waals surface area contributed by atoms with Crippen molar-refractivity contribution in [2.45, 2.75) is 59.4 Å². The Bertz CT molecular complexity index is 496. The van der Waals surface area contributed by atoms with Gasteiger partial charge in [-0.25, -0.2) is 0 Å². The molecule has 0 aromatic carbocycles. The van der Waals surface area contributed by atoms with Crippen molar-refractivity contribution in [1.29, 1.82) is 0 Å². The number of hydrogen-bond donors (Lipinski definition) is 0.